The number of hydrogen-bond donors (Lipinski definition) is 4. The van der Waals surface area contributed by atoms with E-state index in [0.717, 1.165) is 11.1 Å². The molecule has 24 heavy (non-hydrogen) atoms. The zero-order valence-electron chi connectivity index (χ0n) is 14.0. The Morgan fingerprint density at radius 1 is 0.750 bits per heavy atom. The molecule has 0 spiro atoms. The van der Waals surface area contributed by atoms with E-state index in [1.165, 1.54) is 14.2 Å². The van der Waals surface area contributed by atoms with E-state index >= 15 is 0 Å². The molecule has 6 N–H and O–H groups in total. The Labute approximate surface area is 141 Å². The van der Waals surface area contributed by atoms with Crippen LogP contribution in [0.2, 0.25) is 0 Å². The van der Waals surface area contributed by atoms with Crippen LogP contribution in [-0.2, 0) is 12.8 Å². The van der Waals surface area contributed by atoms with Crippen LogP contribution in [0.5, 0.6) is 23.0 Å². The van der Waals surface area contributed by atoms with Gasteiger partial charge in [0.05, 0.1) is 14.2 Å². The van der Waals surface area contributed by atoms with Crippen molar-refractivity contribution in [3.8, 4) is 34.1 Å². The maximum atomic E-state index is 10.5. The third kappa shape index (κ3) is 3.55. The highest BCUT2D eigenvalue weighted by Crippen LogP contribution is 2.45. The molecule has 0 aliphatic heterocycles. The Kier molecular flexibility index (Phi) is 5.89. The lowest BCUT2D eigenvalue weighted by Crippen LogP contribution is -2.04. The smallest absolute Gasteiger partial charge is 0.165 e. The van der Waals surface area contributed by atoms with Gasteiger partial charge in [-0.3, -0.25) is 0 Å². The van der Waals surface area contributed by atoms with Crippen LogP contribution in [0.3, 0.4) is 0 Å². The lowest BCUT2D eigenvalue weighted by Gasteiger charge is -2.16. The highest BCUT2D eigenvalue weighted by atomic mass is 16.5. The summed E-state index contributed by atoms with van der Waals surface area (Å²) in [6, 6.07) is 7.07. The molecular weight excluding hydrogens is 308 g/mol. The second kappa shape index (κ2) is 7.90. The predicted molar refractivity (Wildman–Crippen MR) is 93.8 cm³/mol. The number of benzene rings is 2. The third-order valence-electron chi connectivity index (χ3n) is 3.87. The maximum Gasteiger partial charge on any atom is 0.165 e. The van der Waals surface area contributed by atoms with Gasteiger partial charge in [-0.15, -0.1) is 0 Å². The Morgan fingerprint density at radius 3 is 1.42 bits per heavy atom. The fraction of sp³-hybridized carbons (Fsp3) is 0.333. The van der Waals surface area contributed by atoms with Gasteiger partial charge >= 0.3 is 0 Å². The first-order chi connectivity index (χ1) is 11.5. The summed E-state index contributed by atoms with van der Waals surface area (Å²) in [6.45, 7) is 0.936. The fourth-order valence-corrected chi connectivity index (χ4v) is 2.67. The zero-order chi connectivity index (χ0) is 17.7. The summed E-state index contributed by atoms with van der Waals surface area (Å²) in [5.41, 5.74) is 14.0. The van der Waals surface area contributed by atoms with E-state index in [9.17, 15) is 10.2 Å². The molecule has 0 unspecified atom stereocenters. The molecule has 6 heteroatoms. The highest BCUT2D eigenvalue weighted by molar-refractivity contribution is 5.81. The molecule has 0 fully saturated rings. The average Bonchev–Trinajstić information content (AvgIpc) is 2.58. The molecule has 0 radical (unpaired) electrons. The van der Waals surface area contributed by atoms with Crippen molar-refractivity contribution in [3.63, 3.8) is 0 Å². The lowest BCUT2D eigenvalue weighted by atomic mass is 9.96. The number of phenolic OH excluding ortho intramolecular Hbond substituents is 2. The summed E-state index contributed by atoms with van der Waals surface area (Å²) in [6.07, 6.45) is 1.26. The minimum absolute atomic E-state index is 0.0412. The summed E-state index contributed by atoms with van der Waals surface area (Å²) < 4.78 is 10.5. The van der Waals surface area contributed by atoms with Gasteiger partial charge in [0, 0.05) is 11.1 Å². The first-order valence-electron chi connectivity index (χ1n) is 7.75. The van der Waals surface area contributed by atoms with E-state index in [4.69, 9.17) is 20.9 Å². The number of nitrogens with two attached hydrogens (primary N) is 2. The minimum Gasteiger partial charge on any atom is -0.504 e. The largest absolute Gasteiger partial charge is 0.504 e. The van der Waals surface area contributed by atoms with Crippen LogP contribution in [-0.4, -0.2) is 37.5 Å². The van der Waals surface area contributed by atoms with Gasteiger partial charge in [0.25, 0.3) is 0 Å². The van der Waals surface area contributed by atoms with Crippen LogP contribution in [0, 0.1) is 0 Å². The zero-order valence-corrected chi connectivity index (χ0v) is 14.0. The minimum atomic E-state index is -0.0412. The van der Waals surface area contributed by atoms with Crippen molar-refractivity contribution in [1.82, 2.24) is 0 Å². The number of hydrogen-bond acceptors (Lipinski definition) is 6. The van der Waals surface area contributed by atoms with E-state index in [-0.39, 0.29) is 11.5 Å². The Hall–Kier alpha value is -2.44. The SMILES string of the molecule is COc1cc(CCN)cc(-c2cc(CCN)cc(OC)c2O)c1O. The Morgan fingerprint density at radius 2 is 1.12 bits per heavy atom. The van der Waals surface area contributed by atoms with Crippen LogP contribution < -0.4 is 20.9 Å². The van der Waals surface area contributed by atoms with Crippen LogP contribution >= 0.6 is 0 Å². The second-order valence-electron chi connectivity index (χ2n) is 5.47. The number of ether oxygens (including phenoxy) is 2. The monoisotopic (exact) mass is 332 g/mol. The number of methoxy groups -OCH3 is 2. The topological polar surface area (TPSA) is 111 Å². The van der Waals surface area contributed by atoms with E-state index in [2.05, 4.69) is 0 Å². The molecule has 2 rings (SSSR count). The van der Waals surface area contributed by atoms with E-state index in [0.29, 0.717) is 48.6 Å². The van der Waals surface area contributed by atoms with Gasteiger partial charge in [-0.1, -0.05) is 0 Å². The second-order valence-corrected chi connectivity index (χ2v) is 5.47. The van der Waals surface area contributed by atoms with Crippen molar-refractivity contribution in [1.29, 1.82) is 0 Å². The van der Waals surface area contributed by atoms with Gasteiger partial charge in [0.2, 0.25) is 0 Å². The molecule has 0 aliphatic carbocycles. The normalized spacial score (nSPS) is 10.7. The summed E-state index contributed by atoms with van der Waals surface area (Å²) in [5.74, 6) is 0.582. The number of aromatic hydroxyl groups is 2. The first kappa shape index (κ1) is 17.9. The molecule has 0 heterocycles. The first-order valence-corrected chi connectivity index (χ1v) is 7.75. The third-order valence-corrected chi connectivity index (χ3v) is 3.87. The van der Waals surface area contributed by atoms with Crippen molar-refractivity contribution in [2.45, 2.75) is 12.8 Å². The molecule has 0 bridgehead atoms. The predicted octanol–water partition coefficient (Wildman–Crippen LogP) is 1.78. The quantitative estimate of drug-likeness (QED) is 0.615. The van der Waals surface area contributed by atoms with Crippen LogP contribution in [0.4, 0.5) is 0 Å². The van der Waals surface area contributed by atoms with Crippen LogP contribution in [0.25, 0.3) is 11.1 Å². The molecule has 0 aliphatic rings. The summed E-state index contributed by atoms with van der Waals surface area (Å²) >= 11 is 0. The van der Waals surface area contributed by atoms with Crippen molar-refractivity contribution in [2.24, 2.45) is 11.5 Å². The lowest BCUT2D eigenvalue weighted by molar-refractivity contribution is 0.370. The molecule has 0 aromatic heterocycles. The van der Waals surface area contributed by atoms with Crippen molar-refractivity contribution in [2.75, 3.05) is 27.3 Å². The van der Waals surface area contributed by atoms with E-state index in [1.54, 1.807) is 24.3 Å². The van der Waals surface area contributed by atoms with Gasteiger partial charge in [-0.2, -0.15) is 0 Å². The molecule has 0 saturated heterocycles. The molecule has 6 nitrogen and oxygen atoms in total. The summed E-state index contributed by atoms with van der Waals surface area (Å²) in [4.78, 5) is 0. The molecular formula is C18H24N2O4. The summed E-state index contributed by atoms with van der Waals surface area (Å²) in [5, 5.41) is 21.0. The maximum absolute atomic E-state index is 10.5. The molecule has 0 saturated carbocycles. The van der Waals surface area contributed by atoms with E-state index < -0.39 is 0 Å². The molecule has 130 valence electrons. The van der Waals surface area contributed by atoms with Gasteiger partial charge < -0.3 is 31.2 Å². The molecule has 2 aromatic rings. The standard InChI is InChI=1S/C18H24N2O4/c1-23-15-9-11(3-5-19)7-13(17(15)21)14-8-12(4-6-20)10-16(24-2)18(14)22/h7-10,21-22H,3-6,19-20H2,1-2H3. The fourth-order valence-electron chi connectivity index (χ4n) is 2.67. The van der Waals surface area contributed by atoms with E-state index in [1.807, 2.05) is 0 Å². The van der Waals surface area contributed by atoms with Crippen molar-refractivity contribution >= 4 is 0 Å². The number of rotatable bonds is 7. The Balaban J connectivity index is 2.69. The molecule has 0 amide bonds. The van der Waals surface area contributed by atoms with Crippen LogP contribution in [0.15, 0.2) is 24.3 Å². The van der Waals surface area contributed by atoms with Gasteiger partial charge in [-0.05, 0) is 61.3 Å². The Bertz CT molecular complexity index is 655. The average molecular weight is 332 g/mol. The van der Waals surface area contributed by atoms with Crippen LogP contribution in [0.1, 0.15) is 11.1 Å². The van der Waals surface area contributed by atoms with Gasteiger partial charge in [0.1, 0.15) is 0 Å². The van der Waals surface area contributed by atoms with Gasteiger partial charge in [0.15, 0.2) is 23.0 Å². The van der Waals surface area contributed by atoms with Gasteiger partial charge in [-0.25, -0.2) is 0 Å². The highest BCUT2D eigenvalue weighted by Gasteiger charge is 2.18. The molecule has 0 atom stereocenters. The molecule has 2 aromatic carbocycles. The van der Waals surface area contributed by atoms with Crippen molar-refractivity contribution < 1.29 is 19.7 Å². The van der Waals surface area contributed by atoms with Crippen molar-refractivity contribution in [3.05, 3.63) is 35.4 Å². The number of phenols is 2. The summed E-state index contributed by atoms with van der Waals surface area (Å²) in [7, 11) is 2.96.